The highest BCUT2D eigenvalue weighted by Crippen LogP contribution is 2.16. The van der Waals surface area contributed by atoms with Gasteiger partial charge in [-0.1, -0.05) is 182 Å². The van der Waals surface area contributed by atoms with Crippen LogP contribution in [0.25, 0.3) is 0 Å². The number of ether oxygens (including phenoxy) is 2. The molecule has 0 saturated carbocycles. The number of aliphatic hydroxyl groups excluding tert-OH is 1. The molecule has 0 aromatic heterocycles. The van der Waals surface area contributed by atoms with Gasteiger partial charge in [-0.15, -0.1) is 0 Å². The molecule has 0 aliphatic carbocycles. The van der Waals surface area contributed by atoms with Gasteiger partial charge in [0.05, 0.1) is 6.61 Å². The topological polar surface area (TPSA) is 59.0 Å². The summed E-state index contributed by atoms with van der Waals surface area (Å²) in [5.74, 6) is 0.00990. The normalized spacial score (nSPS) is 11.9. The van der Waals surface area contributed by atoms with Gasteiger partial charge in [-0.05, 0) is 64.5 Å². The molecule has 0 amide bonds. The Morgan fingerprint density at radius 1 is 0.460 bits per heavy atom. The third-order valence-corrected chi connectivity index (χ3v) is 9.92. The van der Waals surface area contributed by atoms with E-state index in [4.69, 9.17) is 9.47 Å². The molecule has 302 valence electrons. The Hall–Kier alpha value is -0.650. The molecule has 0 aromatic rings. The standard InChI is InChI=1S/C39H79NO4.C6H14/c1-4-7-9-11-14-21-27-36-43-37-28-22-15-13-19-25-32-40(34-35-41)33-26-20-16-18-24-31-39(42)44-38(29-6-3)30-23-17-12-10-8-5-2;1-3-5-6-4-2/h38,41H,4-37H2,1-3H3;3-6H2,1-2H3. The van der Waals surface area contributed by atoms with Gasteiger partial charge in [0.15, 0.2) is 0 Å². The van der Waals surface area contributed by atoms with Crippen LogP contribution in [0.1, 0.15) is 240 Å². The first-order valence-corrected chi connectivity index (χ1v) is 22.7. The zero-order valence-corrected chi connectivity index (χ0v) is 35.1. The Bertz CT molecular complexity index is 612. The molecule has 0 fully saturated rings. The zero-order chi connectivity index (χ0) is 37.0. The van der Waals surface area contributed by atoms with Crippen LogP contribution in [0.2, 0.25) is 0 Å². The third-order valence-electron chi connectivity index (χ3n) is 9.92. The molecule has 0 aliphatic heterocycles. The number of esters is 1. The van der Waals surface area contributed by atoms with Crippen molar-refractivity contribution in [1.82, 2.24) is 4.90 Å². The number of carbonyl (C=O) groups is 1. The molecule has 0 saturated heterocycles. The van der Waals surface area contributed by atoms with Crippen molar-refractivity contribution in [2.75, 3.05) is 39.5 Å². The predicted molar refractivity (Wildman–Crippen MR) is 220 cm³/mol. The molecule has 5 heteroatoms. The van der Waals surface area contributed by atoms with Gasteiger partial charge in [-0.2, -0.15) is 0 Å². The summed E-state index contributed by atoms with van der Waals surface area (Å²) in [7, 11) is 0. The molecule has 0 rings (SSSR count). The fraction of sp³-hybridized carbons (Fsp3) is 0.978. The number of hydrogen-bond acceptors (Lipinski definition) is 5. The fourth-order valence-electron chi connectivity index (χ4n) is 6.60. The lowest BCUT2D eigenvalue weighted by molar-refractivity contribution is -0.150. The lowest BCUT2D eigenvalue weighted by Crippen LogP contribution is -2.29. The number of nitrogens with zero attached hydrogens (tertiary/aromatic N) is 1. The summed E-state index contributed by atoms with van der Waals surface area (Å²) in [4.78, 5) is 14.8. The lowest BCUT2D eigenvalue weighted by Gasteiger charge is -2.21. The van der Waals surface area contributed by atoms with Crippen LogP contribution in [0.5, 0.6) is 0 Å². The Morgan fingerprint density at radius 3 is 1.32 bits per heavy atom. The van der Waals surface area contributed by atoms with Gasteiger partial charge in [0.25, 0.3) is 0 Å². The summed E-state index contributed by atoms with van der Waals surface area (Å²) in [6.07, 6.45) is 39.8. The average molecular weight is 712 g/mol. The second kappa shape index (κ2) is 46.4. The second-order valence-electron chi connectivity index (χ2n) is 15.1. The molecule has 0 bridgehead atoms. The van der Waals surface area contributed by atoms with E-state index in [1.165, 1.54) is 167 Å². The maximum Gasteiger partial charge on any atom is 0.306 e. The number of unbranched alkanes of at least 4 members (excludes halogenated alkanes) is 23. The first kappa shape index (κ1) is 51.5. The quantitative estimate of drug-likeness (QED) is 0.0506. The molecule has 0 heterocycles. The first-order chi connectivity index (χ1) is 24.6. The van der Waals surface area contributed by atoms with Gasteiger partial charge in [-0.25, -0.2) is 0 Å². The smallest absolute Gasteiger partial charge is 0.306 e. The van der Waals surface area contributed by atoms with Gasteiger partial charge >= 0.3 is 5.97 Å². The molecule has 0 radical (unpaired) electrons. The summed E-state index contributed by atoms with van der Waals surface area (Å²) in [5, 5.41) is 9.49. The van der Waals surface area contributed by atoms with Crippen LogP contribution in [0, 0.1) is 0 Å². The van der Waals surface area contributed by atoms with Crippen molar-refractivity contribution in [2.24, 2.45) is 0 Å². The minimum absolute atomic E-state index is 0.00990. The predicted octanol–water partition coefficient (Wildman–Crippen LogP) is 13.8. The van der Waals surface area contributed by atoms with Crippen LogP contribution >= 0.6 is 0 Å². The van der Waals surface area contributed by atoms with Crippen LogP contribution in [0.15, 0.2) is 0 Å². The second-order valence-corrected chi connectivity index (χ2v) is 15.1. The Kier molecular flexibility index (Phi) is 47.7. The molecule has 0 aliphatic rings. The molecular formula is C45H93NO4. The molecule has 1 N–H and O–H groups in total. The highest BCUT2D eigenvalue weighted by molar-refractivity contribution is 5.69. The van der Waals surface area contributed by atoms with E-state index in [9.17, 15) is 9.90 Å². The number of rotatable bonds is 40. The minimum Gasteiger partial charge on any atom is -0.462 e. The summed E-state index contributed by atoms with van der Waals surface area (Å²) in [6.45, 7) is 16.3. The van der Waals surface area contributed by atoms with Crippen molar-refractivity contribution < 1.29 is 19.4 Å². The van der Waals surface area contributed by atoms with E-state index in [2.05, 4.69) is 39.5 Å². The Labute approximate surface area is 315 Å². The van der Waals surface area contributed by atoms with Crippen LogP contribution in [0.3, 0.4) is 0 Å². The van der Waals surface area contributed by atoms with Crippen LogP contribution in [-0.2, 0) is 14.3 Å². The van der Waals surface area contributed by atoms with E-state index in [-0.39, 0.29) is 18.7 Å². The molecule has 1 unspecified atom stereocenters. The summed E-state index contributed by atoms with van der Waals surface area (Å²) in [6, 6.07) is 0. The van der Waals surface area contributed by atoms with E-state index in [0.29, 0.717) is 6.42 Å². The van der Waals surface area contributed by atoms with Gasteiger partial charge < -0.3 is 19.5 Å². The third kappa shape index (κ3) is 43.5. The fourth-order valence-corrected chi connectivity index (χ4v) is 6.60. The van der Waals surface area contributed by atoms with E-state index in [1.54, 1.807) is 0 Å². The Morgan fingerprint density at radius 2 is 0.860 bits per heavy atom. The van der Waals surface area contributed by atoms with E-state index < -0.39 is 0 Å². The maximum absolute atomic E-state index is 12.4. The van der Waals surface area contributed by atoms with Gasteiger partial charge in [-0.3, -0.25) is 4.79 Å². The van der Waals surface area contributed by atoms with Crippen molar-refractivity contribution in [2.45, 2.75) is 246 Å². The number of hydrogen-bond donors (Lipinski definition) is 1. The largest absolute Gasteiger partial charge is 0.462 e. The molecular weight excluding hydrogens is 618 g/mol. The summed E-state index contributed by atoms with van der Waals surface area (Å²) in [5.41, 5.74) is 0. The zero-order valence-electron chi connectivity index (χ0n) is 35.1. The molecule has 5 nitrogen and oxygen atoms in total. The highest BCUT2D eigenvalue weighted by atomic mass is 16.5. The molecule has 50 heavy (non-hydrogen) atoms. The monoisotopic (exact) mass is 712 g/mol. The van der Waals surface area contributed by atoms with Crippen LogP contribution in [-0.4, -0.2) is 61.5 Å². The minimum atomic E-state index is 0.00990. The van der Waals surface area contributed by atoms with Crippen molar-refractivity contribution >= 4 is 5.97 Å². The lowest BCUT2D eigenvalue weighted by atomic mass is 10.0. The van der Waals surface area contributed by atoms with Gasteiger partial charge in [0.2, 0.25) is 0 Å². The van der Waals surface area contributed by atoms with Crippen molar-refractivity contribution in [3.05, 3.63) is 0 Å². The van der Waals surface area contributed by atoms with E-state index in [0.717, 1.165) is 65.0 Å². The first-order valence-electron chi connectivity index (χ1n) is 22.7. The molecule has 0 spiro atoms. The van der Waals surface area contributed by atoms with Gasteiger partial charge in [0.1, 0.15) is 6.10 Å². The average Bonchev–Trinajstić information content (AvgIpc) is 3.11. The van der Waals surface area contributed by atoms with Crippen molar-refractivity contribution in [3.63, 3.8) is 0 Å². The summed E-state index contributed by atoms with van der Waals surface area (Å²) >= 11 is 0. The van der Waals surface area contributed by atoms with Crippen LogP contribution in [0.4, 0.5) is 0 Å². The molecule has 0 aromatic carbocycles. The maximum atomic E-state index is 12.4. The SMILES string of the molecule is CCCCCC.CCCCCCCCCOCCCCCCCCN(CCO)CCCCCCCC(=O)OC(CCC)CCCCCCCC. The van der Waals surface area contributed by atoms with Gasteiger partial charge in [0, 0.05) is 26.2 Å². The van der Waals surface area contributed by atoms with E-state index >= 15 is 0 Å². The van der Waals surface area contributed by atoms with Crippen LogP contribution < -0.4 is 0 Å². The Balaban J connectivity index is 0. The summed E-state index contributed by atoms with van der Waals surface area (Å²) < 4.78 is 11.7. The number of aliphatic hydroxyl groups is 1. The highest BCUT2D eigenvalue weighted by Gasteiger charge is 2.13. The molecule has 1 atom stereocenters. The van der Waals surface area contributed by atoms with E-state index in [1.807, 2.05) is 0 Å². The van der Waals surface area contributed by atoms with Crippen molar-refractivity contribution in [3.8, 4) is 0 Å². The van der Waals surface area contributed by atoms with Crippen molar-refractivity contribution in [1.29, 1.82) is 0 Å². The number of carbonyl (C=O) groups excluding carboxylic acids is 1.